The van der Waals surface area contributed by atoms with Gasteiger partial charge in [-0.05, 0) is 45.0 Å². The van der Waals surface area contributed by atoms with Crippen LogP contribution in [-0.2, 0) is 0 Å². The summed E-state index contributed by atoms with van der Waals surface area (Å²) in [6.07, 6.45) is 1.43. The summed E-state index contributed by atoms with van der Waals surface area (Å²) in [7, 11) is 0. The molecule has 0 aliphatic carbocycles. The molecular formula is C17H18BrN5O. The Morgan fingerprint density at radius 1 is 1.33 bits per heavy atom. The van der Waals surface area contributed by atoms with Crippen LogP contribution in [0.1, 0.15) is 40.5 Å². The summed E-state index contributed by atoms with van der Waals surface area (Å²) in [5, 5.41) is 9.53. The van der Waals surface area contributed by atoms with Crippen LogP contribution in [0.25, 0.3) is 5.69 Å². The van der Waals surface area contributed by atoms with Gasteiger partial charge in [-0.25, -0.2) is 4.98 Å². The van der Waals surface area contributed by atoms with Gasteiger partial charge in [0.2, 0.25) is 0 Å². The molecule has 124 valence electrons. The lowest BCUT2D eigenvalue weighted by Crippen LogP contribution is -2.27. The van der Waals surface area contributed by atoms with Crippen molar-refractivity contribution in [3.8, 4) is 5.69 Å². The molecule has 3 aromatic rings. The predicted octanol–water partition coefficient (Wildman–Crippen LogP) is 3.47. The molecule has 7 heteroatoms. The first-order chi connectivity index (χ1) is 11.5. The Labute approximate surface area is 148 Å². The van der Waals surface area contributed by atoms with Gasteiger partial charge in [0.15, 0.2) is 0 Å². The summed E-state index contributed by atoms with van der Waals surface area (Å²) in [6, 6.07) is 9.66. The lowest BCUT2D eigenvalue weighted by Gasteiger charge is -2.12. The number of carbonyl (C=O) groups is 1. The minimum Gasteiger partial charge on any atom is -0.342 e. The summed E-state index contributed by atoms with van der Waals surface area (Å²) in [4.78, 5) is 16.7. The zero-order valence-corrected chi connectivity index (χ0v) is 15.3. The fraction of sp³-hybridized carbons (Fsp3) is 0.235. The number of hydrogen-bond acceptors (Lipinski definition) is 3. The molecule has 0 bridgehead atoms. The minimum atomic E-state index is -0.242. The molecule has 0 unspecified atom stereocenters. The van der Waals surface area contributed by atoms with Gasteiger partial charge in [-0.1, -0.05) is 22.0 Å². The second-order valence-corrected chi connectivity index (χ2v) is 6.58. The Morgan fingerprint density at radius 3 is 2.79 bits per heavy atom. The highest BCUT2D eigenvalue weighted by atomic mass is 79.9. The van der Waals surface area contributed by atoms with E-state index in [1.54, 1.807) is 0 Å². The van der Waals surface area contributed by atoms with Gasteiger partial charge in [0.25, 0.3) is 5.91 Å². The second-order valence-electron chi connectivity index (χ2n) is 5.67. The van der Waals surface area contributed by atoms with E-state index in [0.717, 1.165) is 21.5 Å². The van der Waals surface area contributed by atoms with Crippen LogP contribution in [0, 0.1) is 13.8 Å². The van der Waals surface area contributed by atoms with Crippen molar-refractivity contribution in [1.29, 1.82) is 0 Å². The number of hydrogen-bond donors (Lipinski definition) is 2. The maximum Gasteiger partial charge on any atom is 0.253 e. The van der Waals surface area contributed by atoms with Crippen molar-refractivity contribution >= 4 is 21.8 Å². The van der Waals surface area contributed by atoms with E-state index >= 15 is 0 Å². The highest BCUT2D eigenvalue weighted by Crippen LogP contribution is 2.23. The van der Waals surface area contributed by atoms with Crippen LogP contribution in [0.4, 0.5) is 0 Å². The van der Waals surface area contributed by atoms with Gasteiger partial charge >= 0.3 is 0 Å². The van der Waals surface area contributed by atoms with Crippen molar-refractivity contribution in [2.24, 2.45) is 0 Å². The maximum absolute atomic E-state index is 12.6. The maximum atomic E-state index is 12.6. The molecule has 0 fully saturated rings. The Morgan fingerprint density at radius 2 is 2.12 bits per heavy atom. The number of benzene rings is 1. The van der Waals surface area contributed by atoms with Crippen LogP contribution < -0.4 is 5.32 Å². The van der Waals surface area contributed by atoms with Crippen molar-refractivity contribution in [3.63, 3.8) is 0 Å². The number of H-pyrrole nitrogens is 1. The molecule has 0 saturated heterocycles. The summed E-state index contributed by atoms with van der Waals surface area (Å²) in [5.41, 5.74) is 3.57. The molecule has 0 radical (unpaired) electrons. The average Bonchev–Trinajstić information content (AvgIpc) is 3.15. The van der Waals surface area contributed by atoms with Crippen molar-refractivity contribution in [2.45, 2.75) is 26.8 Å². The van der Waals surface area contributed by atoms with E-state index in [2.05, 4.69) is 41.0 Å². The van der Waals surface area contributed by atoms with Gasteiger partial charge in [-0.2, -0.15) is 5.10 Å². The Kier molecular flexibility index (Phi) is 4.53. The smallest absolute Gasteiger partial charge is 0.253 e. The van der Waals surface area contributed by atoms with Crippen LogP contribution in [0.2, 0.25) is 0 Å². The largest absolute Gasteiger partial charge is 0.342 e. The first-order valence-electron chi connectivity index (χ1n) is 7.58. The molecule has 0 spiro atoms. The number of nitrogens with zero attached hydrogens (tertiary/aromatic N) is 3. The normalized spacial score (nSPS) is 12.2. The zero-order chi connectivity index (χ0) is 17.3. The molecule has 3 rings (SSSR count). The fourth-order valence-electron chi connectivity index (χ4n) is 2.77. The topological polar surface area (TPSA) is 75.6 Å². The summed E-state index contributed by atoms with van der Waals surface area (Å²) in [5.74, 6) is 0.498. The third kappa shape index (κ3) is 3.12. The standard InChI is InChI=1S/C17H18BrN5O/c1-10-7-15(17(24)21-11(2)16-19-9-20-22-16)12(3)23(10)14-6-4-5-13(18)8-14/h4-9,11H,1-3H3,(H,21,24)(H,19,20,22)/t11-/m1/s1. The van der Waals surface area contributed by atoms with Crippen LogP contribution in [0.15, 0.2) is 41.1 Å². The van der Waals surface area contributed by atoms with Crippen LogP contribution in [-0.4, -0.2) is 25.7 Å². The van der Waals surface area contributed by atoms with E-state index in [9.17, 15) is 4.79 Å². The first kappa shape index (κ1) is 16.4. The molecule has 0 aliphatic rings. The lowest BCUT2D eigenvalue weighted by atomic mass is 10.2. The van der Waals surface area contributed by atoms with E-state index in [4.69, 9.17) is 0 Å². The van der Waals surface area contributed by atoms with Gasteiger partial charge in [0.05, 0.1) is 11.6 Å². The molecule has 1 atom stereocenters. The van der Waals surface area contributed by atoms with Crippen LogP contribution in [0.3, 0.4) is 0 Å². The van der Waals surface area contributed by atoms with Gasteiger partial charge < -0.3 is 9.88 Å². The number of halogens is 1. The van der Waals surface area contributed by atoms with Gasteiger partial charge in [-0.3, -0.25) is 9.89 Å². The monoisotopic (exact) mass is 387 g/mol. The molecule has 2 heterocycles. The predicted molar refractivity (Wildman–Crippen MR) is 95.2 cm³/mol. The number of aromatic amines is 1. The van der Waals surface area contributed by atoms with Crippen LogP contribution >= 0.6 is 15.9 Å². The molecular weight excluding hydrogens is 370 g/mol. The fourth-order valence-corrected chi connectivity index (χ4v) is 3.16. The number of rotatable bonds is 4. The van der Waals surface area contributed by atoms with Crippen molar-refractivity contribution < 1.29 is 4.79 Å². The average molecular weight is 388 g/mol. The Balaban J connectivity index is 1.90. The highest BCUT2D eigenvalue weighted by molar-refractivity contribution is 9.10. The van der Waals surface area contributed by atoms with Crippen molar-refractivity contribution in [2.75, 3.05) is 0 Å². The number of carbonyl (C=O) groups excluding carboxylic acids is 1. The van der Waals surface area contributed by atoms with E-state index in [0.29, 0.717) is 11.4 Å². The third-order valence-corrected chi connectivity index (χ3v) is 4.43. The van der Waals surface area contributed by atoms with Gasteiger partial charge in [-0.15, -0.1) is 0 Å². The molecule has 2 aromatic heterocycles. The molecule has 1 amide bonds. The van der Waals surface area contributed by atoms with Crippen molar-refractivity contribution in [3.05, 3.63) is 63.9 Å². The Bertz CT molecular complexity index is 869. The van der Waals surface area contributed by atoms with Gasteiger partial charge in [0, 0.05) is 21.5 Å². The summed E-state index contributed by atoms with van der Waals surface area (Å²) < 4.78 is 3.07. The second kappa shape index (κ2) is 6.60. The number of aromatic nitrogens is 4. The summed E-state index contributed by atoms with van der Waals surface area (Å²) >= 11 is 3.49. The molecule has 0 saturated carbocycles. The SMILES string of the molecule is Cc1cc(C(=O)N[C@H](C)c2ncn[nH]2)c(C)n1-c1cccc(Br)c1. The molecule has 24 heavy (non-hydrogen) atoms. The zero-order valence-electron chi connectivity index (χ0n) is 13.7. The first-order valence-corrected chi connectivity index (χ1v) is 8.37. The number of aryl methyl sites for hydroxylation is 1. The number of amides is 1. The highest BCUT2D eigenvalue weighted by Gasteiger charge is 2.19. The van der Waals surface area contributed by atoms with E-state index < -0.39 is 0 Å². The van der Waals surface area contributed by atoms with Crippen LogP contribution in [0.5, 0.6) is 0 Å². The third-order valence-electron chi connectivity index (χ3n) is 3.93. The molecule has 0 aliphatic heterocycles. The van der Waals surface area contributed by atoms with E-state index in [1.807, 2.05) is 51.1 Å². The van der Waals surface area contributed by atoms with Gasteiger partial charge in [0.1, 0.15) is 12.2 Å². The Hall–Kier alpha value is -2.41. The molecule has 1 aromatic carbocycles. The number of nitrogens with one attached hydrogen (secondary N) is 2. The molecule has 6 nitrogen and oxygen atoms in total. The molecule has 2 N–H and O–H groups in total. The summed E-state index contributed by atoms with van der Waals surface area (Å²) in [6.45, 7) is 5.80. The minimum absolute atomic E-state index is 0.131. The lowest BCUT2D eigenvalue weighted by molar-refractivity contribution is 0.0937. The van der Waals surface area contributed by atoms with E-state index in [-0.39, 0.29) is 11.9 Å². The quantitative estimate of drug-likeness (QED) is 0.719. The van der Waals surface area contributed by atoms with Crippen molar-refractivity contribution in [1.82, 2.24) is 25.1 Å². The van der Waals surface area contributed by atoms with E-state index in [1.165, 1.54) is 6.33 Å².